The van der Waals surface area contributed by atoms with Crippen LogP contribution in [0.3, 0.4) is 0 Å². The number of rotatable bonds is 4. The molecule has 0 aliphatic heterocycles. The summed E-state index contributed by atoms with van der Waals surface area (Å²) >= 11 is 0. The first-order valence-corrected chi connectivity index (χ1v) is 6.86. The molecule has 0 fully saturated rings. The van der Waals surface area contributed by atoms with Gasteiger partial charge in [-0.3, -0.25) is 0 Å². The zero-order chi connectivity index (χ0) is 14.7. The van der Waals surface area contributed by atoms with Crippen LogP contribution in [0.15, 0.2) is 60.7 Å². The fourth-order valence-electron chi connectivity index (χ4n) is 2.35. The molecule has 3 heteroatoms. The second kappa shape index (κ2) is 5.94. The maximum Gasteiger partial charge on any atom is 0.167 e. The summed E-state index contributed by atoms with van der Waals surface area (Å²) in [6.07, 6.45) is 0. The molecule has 0 radical (unpaired) electrons. The fraction of sp³-hybridized carbons (Fsp3) is 0.111. The van der Waals surface area contributed by atoms with E-state index in [0.717, 1.165) is 16.3 Å². The van der Waals surface area contributed by atoms with Gasteiger partial charge in [0.1, 0.15) is 5.75 Å². The van der Waals surface area contributed by atoms with Crippen molar-refractivity contribution in [3.8, 4) is 11.5 Å². The standard InChI is InChI=1S/C18H16FNO/c1-20-12-15-7-4-8-17(19)18(15)21-16-10-9-13-5-2-3-6-14(13)11-16/h2-11,20H,12H2,1H3. The van der Waals surface area contributed by atoms with Crippen molar-refractivity contribution in [3.63, 3.8) is 0 Å². The van der Waals surface area contributed by atoms with Crippen molar-refractivity contribution in [2.75, 3.05) is 7.05 Å². The van der Waals surface area contributed by atoms with Gasteiger partial charge in [-0.05, 0) is 36.0 Å². The highest BCUT2D eigenvalue weighted by Crippen LogP contribution is 2.30. The van der Waals surface area contributed by atoms with E-state index in [1.54, 1.807) is 6.07 Å². The maximum atomic E-state index is 14.0. The minimum Gasteiger partial charge on any atom is -0.454 e. The molecule has 0 unspecified atom stereocenters. The average molecular weight is 281 g/mol. The molecule has 1 N–H and O–H groups in total. The van der Waals surface area contributed by atoms with Gasteiger partial charge in [-0.1, -0.05) is 42.5 Å². The van der Waals surface area contributed by atoms with Crippen LogP contribution < -0.4 is 10.1 Å². The summed E-state index contributed by atoms with van der Waals surface area (Å²) in [5.74, 6) is 0.564. The normalized spacial score (nSPS) is 10.8. The van der Waals surface area contributed by atoms with E-state index in [-0.39, 0.29) is 11.6 Å². The second-order valence-electron chi connectivity index (χ2n) is 4.87. The van der Waals surface area contributed by atoms with Crippen LogP contribution in [0.4, 0.5) is 4.39 Å². The lowest BCUT2D eigenvalue weighted by Crippen LogP contribution is -2.07. The highest BCUT2D eigenvalue weighted by molar-refractivity contribution is 5.83. The first kappa shape index (κ1) is 13.6. The van der Waals surface area contributed by atoms with Crippen LogP contribution in [0, 0.1) is 5.82 Å². The molecule has 0 saturated carbocycles. The summed E-state index contributed by atoms with van der Waals surface area (Å²) in [6, 6.07) is 18.7. The van der Waals surface area contributed by atoms with Gasteiger partial charge < -0.3 is 10.1 Å². The molecule has 0 amide bonds. The number of nitrogens with one attached hydrogen (secondary N) is 1. The van der Waals surface area contributed by atoms with E-state index in [0.29, 0.717) is 12.3 Å². The Labute approximate surface area is 123 Å². The number of para-hydroxylation sites is 1. The molecule has 0 aromatic heterocycles. The lowest BCUT2D eigenvalue weighted by molar-refractivity contribution is 0.435. The monoisotopic (exact) mass is 281 g/mol. The van der Waals surface area contributed by atoms with Gasteiger partial charge in [-0.15, -0.1) is 0 Å². The van der Waals surface area contributed by atoms with Gasteiger partial charge in [0.15, 0.2) is 11.6 Å². The quantitative estimate of drug-likeness (QED) is 0.760. The van der Waals surface area contributed by atoms with Crippen LogP contribution in [0.2, 0.25) is 0 Å². The van der Waals surface area contributed by atoms with Crippen LogP contribution in [0.5, 0.6) is 11.5 Å². The average Bonchev–Trinajstić information content (AvgIpc) is 2.51. The molecule has 0 saturated heterocycles. The molecule has 0 aliphatic carbocycles. The fourth-order valence-corrected chi connectivity index (χ4v) is 2.35. The highest BCUT2D eigenvalue weighted by atomic mass is 19.1. The van der Waals surface area contributed by atoms with E-state index in [1.807, 2.05) is 55.6 Å². The predicted molar refractivity (Wildman–Crippen MR) is 83.2 cm³/mol. The van der Waals surface area contributed by atoms with E-state index in [9.17, 15) is 4.39 Å². The van der Waals surface area contributed by atoms with Gasteiger partial charge in [0, 0.05) is 12.1 Å². The number of hydrogen-bond donors (Lipinski definition) is 1. The molecule has 0 atom stereocenters. The van der Waals surface area contributed by atoms with Crippen molar-refractivity contribution in [1.82, 2.24) is 5.32 Å². The molecule has 3 aromatic rings. The van der Waals surface area contributed by atoms with Crippen LogP contribution in [-0.2, 0) is 6.54 Å². The van der Waals surface area contributed by atoms with E-state index >= 15 is 0 Å². The number of hydrogen-bond acceptors (Lipinski definition) is 2. The minimum atomic E-state index is -0.351. The Kier molecular flexibility index (Phi) is 3.84. The Morgan fingerprint density at radius 3 is 2.57 bits per heavy atom. The molecule has 0 aliphatic rings. The lowest BCUT2D eigenvalue weighted by atomic mass is 10.1. The minimum absolute atomic E-state index is 0.280. The van der Waals surface area contributed by atoms with E-state index in [2.05, 4.69) is 5.32 Å². The molecule has 0 bridgehead atoms. The largest absolute Gasteiger partial charge is 0.454 e. The van der Waals surface area contributed by atoms with Crippen molar-refractivity contribution in [2.24, 2.45) is 0 Å². The number of ether oxygens (including phenoxy) is 1. The number of fused-ring (bicyclic) bond motifs is 1. The van der Waals surface area contributed by atoms with Crippen molar-refractivity contribution >= 4 is 10.8 Å². The first-order valence-electron chi connectivity index (χ1n) is 6.86. The van der Waals surface area contributed by atoms with Gasteiger partial charge in [0.05, 0.1) is 0 Å². The van der Waals surface area contributed by atoms with Crippen molar-refractivity contribution < 1.29 is 9.13 Å². The third-order valence-corrected chi connectivity index (χ3v) is 3.36. The topological polar surface area (TPSA) is 21.3 Å². The van der Waals surface area contributed by atoms with Crippen LogP contribution in [0.1, 0.15) is 5.56 Å². The van der Waals surface area contributed by atoms with Gasteiger partial charge in [-0.2, -0.15) is 0 Å². The molecule has 3 rings (SSSR count). The Morgan fingerprint density at radius 2 is 1.76 bits per heavy atom. The molecule has 106 valence electrons. The molecule has 3 aromatic carbocycles. The zero-order valence-electron chi connectivity index (χ0n) is 11.8. The molecular formula is C18H16FNO. The highest BCUT2D eigenvalue weighted by Gasteiger charge is 2.10. The van der Waals surface area contributed by atoms with Gasteiger partial charge >= 0.3 is 0 Å². The third kappa shape index (κ3) is 2.88. The summed E-state index contributed by atoms with van der Waals surface area (Å²) in [7, 11) is 1.82. The van der Waals surface area contributed by atoms with E-state index in [1.165, 1.54) is 6.07 Å². The Bertz CT molecular complexity index is 770. The molecular weight excluding hydrogens is 265 g/mol. The number of benzene rings is 3. The SMILES string of the molecule is CNCc1cccc(F)c1Oc1ccc2ccccc2c1. The maximum absolute atomic E-state index is 14.0. The summed E-state index contributed by atoms with van der Waals surface area (Å²) in [4.78, 5) is 0. The molecule has 21 heavy (non-hydrogen) atoms. The summed E-state index contributed by atoms with van der Waals surface area (Å²) in [6.45, 7) is 0.556. The second-order valence-corrected chi connectivity index (χ2v) is 4.87. The van der Waals surface area contributed by atoms with Crippen LogP contribution >= 0.6 is 0 Å². The first-order chi connectivity index (χ1) is 10.3. The van der Waals surface area contributed by atoms with Crippen molar-refractivity contribution in [2.45, 2.75) is 6.54 Å². The van der Waals surface area contributed by atoms with E-state index < -0.39 is 0 Å². The molecule has 2 nitrogen and oxygen atoms in total. The van der Waals surface area contributed by atoms with Gasteiger partial charge in [0.25, 0.3) is 0 Å². The van der Waals surface area contributed by atoms with Crippen LogP contribution in [0.25, 0.3) is 10.8 Å². The van der Waals surface area contributed by atoms with Crippen molar-refractivity contribution in [3.05, 3.63) is 72.0 Å². The van der Waals surface area contributed by atoms with Crippen molar-refractivity contribution in [1.29, 1.82) is 0 Å². The molecule has 0 spiro atoms. The summed E-state index contributed by atoms with van der Waals surface area (Å²) < 4.78 is 19.8. The Hall–Kier alpha value is -2.39. The van der Waals surface area contributed by atoms with Gasteiger partial charge in [-0.25, -0.2) is 4.39 Å². The molecule has 0 heterocycles. The van der Waals surface area contributed by atoms with Crippen LogP contribution in [-0.4, -0.2) is 7.05 Å². The zero-order valence-corrected chi connectivity index (χ0v) is 11.8. The Morgan fingerprint density at radius 1 is 0.952 bits per heavy atom. The summed E-state index contributed by atoms with van der Waals surface area (Å²) in [5.41, 5.74) is 0.797. The summed E-state index contributed by atoms with van der Waals surface area (Å²) in [5, 5.41) is 5.22. The van der Waals surface area contributed by atoms with E-state index in [4.69, 9.17) is 4.74 Å². The predicted octanol–water partition coefficient (Wildman–Crippen LogP) is 4.49. The van der Waals surface area contributed by atoms with Gasteiger partial charge in [0.2, 0.25) is 0 Å². The Balaban J connectivity index is 1.98. The number of halogens is 1. The lowest BCUT2D eigenvalue weighted by Gasteiger charge is -2.12. The third-order valence-electron chi connectivity index (χ3n) is 3.36. The smallest absolute Gasteiger partial charge is 0.167 e.